The summed E-state index contributed by atoms with van der Waals surface area (Å²) in [5.74, 6) is 0. The SMILES string of the molecule is CN(C)C(c1ccc2c(c1)CCC2)C(C)(C)CN. The first-order chi connectivity index (χ1) is 8.45. The van der Waals surface area contributed by atoms with Crippen molar-refractivity contribution in [1.82, 2.24) is 4.90 Å². The van der Waals surface area contributed by atoms with Gasteiger partial charge in [0.1, 0.15) is 0 Å². The number of fused-ring (bicyclic) bond motifs is 1. The van der Waals surface area contributed by atoms with Crippen LogP contribution in [0.3, 0.4) is 0 Å². The molecule has 1 aliphatic rings. The third kappa shape index (κ3) is 2.45. The molecule has 1 aromatic carbocycles. The van der Waals surface area contributed by atoms with Crippen LogP contribution in [-0.4, -0.2) is 25.5 Å². The van der Waals surface area contributed by atoms with Gasteiger partial charge in [-0.1, -0.05) is 32.0 Å². The molecule has 2 rings (SSSR count). The van der Waals surface area contributed by atoms with E-state index < -0.39 is 0 Å². The molecule has 1 unspecified atom stereocenters. The molecule has 1 aliphatic carbocycles. The zero-order valence-corrected chi connectivity index (χ0v) is 12.2. The number of nitrogens with zero attached hydrogens (tertiary/aromatic N) is 1. The monoisotopic (exact) mass is 246 g/mol. The molecule has 0 heterocycles. The predicted octanol–water partition coefficient (Wildman–Crippen LogP) is 2.76. The normalized spacial score (nSPS) is 17.0. The Balaban J connectivity index is 2.37. The third-order valence-electron chi connectivity index (χ3n) is 4.22. The van der Waals surface area contributed by atoms with Gasteiger partial charge >= 0.3 is 0 Å². The molecule has 2 N–H and O–H groups in total. The van der Waals surface area contributed by atoms with Gasteiger partial charge < -0.3 is 10.6 Å². The van der Waals surface area contributed by atoms with Crippen molar-refractivity contribution < 1.29 is 0 Å². The first kappa shape index (κ1) is 13.6. The molecule has 0 saturated carbocycles. The summed E-state index contributed by atoms with van der Waals surface area (Å²) in [7, 11) is 4.30. The Bertz CT molecular complexity index is 421. The molecule has 0 aromatic heterocycles. The predicted molar refractivity (Wildman–Crippen MR) is 77.7 cm³/mol. The highest BCUT2D eigenvalue weighted by molar-refractivity contribution is 5.37. The summed E-state index contributed by atoms with van der Waals surface area (Å²) in [6.07, 6.45) is 3.81. The van der Waals surface area contributed by atoms with Crippen molar-refractivity contribution in [3.8, 4) is 0 Å². The fraction of sp³-hybridized carbons (Fsp3) is 0.625. The summed E-state index contributed by atoms with van der Waals surface area (Å²) in [6, 6.07) is 7.41. The zero-order valence-electron chi connectivity index (χ0n) is 12.2. The zero-order chi connectivity index (χ0) is 13.3. The number of aryl methyl sites for hydroxylation is 2. The topological polar surface area (TPSA) is 29.3 Å². The Morgan fingerprint density at radius 2 is 1.89 bits per heavy atom. The molecular formula is C16H26N2. The second-order valence-electron chi connectivity index (χ2n) is 6.44. The van der Waals surface area contributed by atoms with Crippen molar-refractivity contribution >= 4 is 0 Å². The molecule has 100 valence electrons. The van der Waals surface area contributed by atoms with Crippen molar-refractivity contribution in [2.75, 3.05) is 20.6 Å². The molecule has 1 atom stereocenters. The van der Waals surface area contributed by atoms with Crippen LogP contribution in [0.2, 0.25) is 0 Å². The van der Waals surface area contributed by atoms with Crippen molar-refractivity contribution in [3.05, 3.63) is 34.9 Å². The second kappa shape index (κ2) is 5.02. The maximum atomic E-state index is 5.97. The van der Waals surface area contributed by atoms with Gasteiger partial charge in [-0.3, -0.25) is 0 Å². The standard InChI is InChI=1S/C16H26N2/c1-16(2,11-17)15(18(3)4)14-9-8-12-6-5-7-13(12)10-14/h8-10,15H,5-7,11,17H2,1-4H3. The largest absolute Gasteiger partial charge is 0.330 e. The quantitative estimate of drug-likeness (QED) is 0.885. The maximum absolute atomic E-state index is 5.97. The summed E-state index contributed by atoms with van der Waals surface area (Å²) in [6.45, 7) is 5.21. The van der Waals surface area contributed by atoms with Crippen LogP contribution in [0.1, 0.15) is 43.0 Å². The fourth-order valence-electron chi connectivity index (χ4n) is 3.32. The molecule has 18 heavy (non-hydrogen) atoms. The Morgan fingerprint density at radius 3 is 2.50 bits per heavy atom. The highest BCUT2D eigenvalue weighted by Crippen LogP contribution is 2.37. The Labute approximate surface area is 111 Å². The fourth-order valence-corrected chi connectivity index (χ4v) is 3.32. The summed E-state index contributed by atoms with van der Waals surface area (Å²) < 4.78 is 0. The van der Waals surface area contributed by atoms with Crippen LogP contribution in [0.4, 0.5) is 0 Å². The maximum Gasteiger partial charge on any atom is 0.0405 e. The number of benzene rings is 1. The van der Waals surface area contributed by atoms with Crippen molar-refractivity contribution in [3.63, 3.8) is 0 Å². The van der Waals surface area contributed by atoms with E-state index in [1.807, 2.05) is 0 Å². The lowest BCUT2D eigenvalue weighted by Crippen LogP contribution is -2.38. The van der Waals surface area contributed by atoms with E-state index in [4.69, 9.17) is 5.73 Å². The Hall–Kier alpha value is -0.860. The average molecular weight is 246 g/mol. The average Bonchev–Trinajstić information content (AvgIpc) is 2.75. The van der Waals surface area contributed by atoms with E-state index in [0.717, 1.165) is 0 Å². The minimum Gasteiger partial charge on any atom is -0.330 e. The highest BCUT2D eigenvalue weighted by atomic mass is 15.1. The van der Waals surface area contributed by atoms with Crippen molar-refractivity contribution in [2.45, 2.75) is 39.2 Å². The lowest BCUT2D eigenvalue weighted by atomic mass is 9.79. The summed E-state index contributed by atoms with van der Waals surface area (Å²) in [4.78, 5) is 2.30. The van der Waals surface area contributed by atoms with Crippen molar-refractivity contribution in [1.29, 1.82) is 0 Å². The smallest absolute Gasteiger partial charge is 0.0405 e. The highest BCUT2D eigenvalue weighted by Gasteiger charge is 2.31. The van der Waals surface area contributed by atoms with Crippen LogP contribution in [-0.2, 0) is 12.8 Å². The summed E-state index contributed by atoms with van der Waals surface area (Å²) in [5, 5.41) is 0. The van der Waals surface area contributed by atoms with Gasteiger partial charge in [0.2, 0.25) is 0 Å². The summed E-state index contributed by atoms with van der Waals surface area (Å²) >= 11 is 0. The van der Waals surface area contributed by atoms with Gasteiger partial charge in [0.15, 0.2) is 0 Å². The molecular weight excluding hydrogens is 220 g/mol. The molecule has 2 heteroatoms. The van der Waals surface area contributed by atoms with E-state index >= 15 is 0 Å². The number of rotatable bonds is 4. The first-order valence-electron chi connectivity index (χ1n) is 6.94. The van der Waals surface area contributed by atoms with Gasteiger partial charge in [-0.2, -0.15) is 0 Å². The van der Waals surface area contributed by atoms with E-state index in [2.05, 4.69) is 51.0 Å². The number of hydrogen-bond acceptors (Lipinski definition) is 2. The van der Waals surface area contributed by atoms with Gasteiger partial charge in [0.25, 0.3) is 0 Å². The number of hydrogen-bond donors (Lipinski definition) is 1. The van der Waals surface area contributed by atoms with Gasteiger partial charge in [-0.25, -0.2) is 0 Å². The molecule has 0 bridgehead atoms. The van der Waals surface area contributed by atoms with Gasteiger partial charge in [-0.05, 0) is 62.0 Å². The van der Waals surface area contributed by atoms with Crippen molar-refractivity contribution in [2.24, 2.45) is 11.1 Å². The van der Waals surface area contributed by atoms with E-state index in [1.54, 1.807) is 11.1 Å². The van der Waals surface area contributed by atoms with Gasteiger partial charge in [0, 0.05) is 6.04 Å². The second-order valence-corrected chi connectivity index (χ2v) is 6.44. The van der Waals surface area contributed by atoms with E-state index in [9.17, 15) is 0 Å². The molecule has 2 nitrogen and oxygen atoms in total. The lowest BCUT2D eigenvalue weighted by Gasteiger charge is -2.38. The van der Waals surface area contributed by atoms with Crippen LogP contribution in [0, 0.1) is 5.41 Å². The molecule has 0 amide bonds. The third-order valence-corrected chi connectivity index (χ3v) is 4.22. The molecule has 0 fully saturated rings. The molecule has 0 spiro atoms. The van der Waals surface area contributed by atoms with Gasteiger partial charge in [-0.15, -0.1) is 0 Å². The van der Waals surface area contributed by atoms with E-state index in [-0.39, 0.29) is 5.41 Å². The summed E-state index contributed by atoms with van der Waals surface area (Å²) in [5.41, 5.74) is 10.6. The van der Waals surface area contributed by atoms with E-state index in [0.29, 0.717) is 12.6 Å². The van der Waals surface area contributed by atoms with Crippen LogP contribution in [0.5, 0.6) is 0 Å². The minimum atomic E-state index is 0.0936. The molecule has 0 radical (unpaired) electrons. The molecule has 1 aromatic rings. The lowest BCUT2D eigenvalue weighted by molar-refractivity contribution is 0.143. The van der Waals surface area contributed by atoms with E-state index in [1.165, 1.54) is 24.8 Å². The van der Waals surface area contributed by atoms with Crippen LogP contribution < -0.4 is 5.73 Å². The van der Waals surface area contributed by atoms with Gasteiger partial charge in [0.05, 0.1) is 0 Å². The molecule has 0 saturated heterocycles. The minimum absolute atomic E-state index is 0.0936. The first-order valence-corrected chi connectivity index (χ1v) is 6.94. The van der Waals surface area contributed by atoms with Crippen LogP contribution in [0.25, 0.3) is 0 Å². The Morgan fingerprint density at radius 1 is 1.22 bits per heavy atom. The van der Waals surface area contributed by atoms with Crippen LogP contribution in [0.15, 0.2) is 18.2 Å². The molecule has 0 aliphatic heterocycles. The Kier molecular flexibility index (Phi) is 3.79. The van der Waals surface area contributed by atoms with Crippen LogP contribution >= 0.6 is 0 Å². The number of nitrogens with two attached hydrogens (primary N) is 1.